The molecule has 0 aliphatic rings. The van der Waals surface area contributed by atoms with Crippen LogP contribution in [0.3, 0.4) is 0 Å². The summed E-state index contributed by atoms with van der Waals surface area (Å²) < 4.78 is 1.59. The maximum Gasteiger partial charge on any atom is 0.219 e. The van der Waals surface area contributed by atoms with E-state index in [4.69, 9.17) is 0 Å². The maximum atomic E-state index is 10.5. The Morgan fingerprint density at radius 3 is 2.16 bits per heavy atom. The Morgan fingerprint density at radius 2 is 1.48 bits per heavy atom. The Labute approximate surface area is 143 Å². The van der Waals surface area contributed by atoms with Crippen molar-refractivity contribution in [2.75, 3.05) is 0 Å². The zero-order valence-corrected chi connectivity index (χ0v) is 13.2. The molecule has 0 amide bonds. The Kier molecular flexibility index (Phi) is 3.50. The van der Waals surface area contributed by atoms with Crippen LogP contribution in [-0.4, -0.2) is 29.7 Å². The van der Waals surface area contributed by atoms with Gasteiger partial charge in [0.2, 0.25) is 5.88 Å². The van der Waals surface area contributed by atoms with Crippen molar-refractivity contribution in [3.63, 3.8) is 0 Å². The van der Waals surface area contributed by atoms with Crippen LogP contribution in [0.4, 0.5) is 0 Å². The van der Waals surface area contributed by atoms with Gasteiger partial charge >= 0.3 is 0 Å². The van der Waals surface area contributed by atoms with Crippen LogP contribution in [0.2, 0.25) is 0 Å². The number of aromatic nitrogens is 3. The fraction of sp³-hybridized carbons (Fsp3) is 0.0526. The van der Waals surface area contributed by atoms with Gasteiger partial charge in [-0.15, -0.1) is 0 Å². The Balaban J connectivity index is 1.72. The van der Waals surface area contributed by atoms with Crippen molar-refractivity contribution in [2.45, 2.75) is 6.42 Å². The number of hydrogen-bond donors (Lipinski definition) is 3. The monoisotopic (exact) mass is 333 g/mol. The fourth-order valence-corrected chi connectivity index (χ4v) is 2.70. The van der Waals surface area contributed by atoms with Gasteiger partial charge in [0, 0.05) is 18.2 Å². The first-order chi connectivity index (χ1) is 12.1. The first kappa shape index (κ1) is 15.0. The lowest BCUT2D eigenvalue weighted by molar-refractivity contribution is 0.442. The number of phenols is 2. The van der Waals surface area contributed by atoms with Gasteiger partial charge in [0.05, 0.1) is 11.9 Å². The molecule has 0 aliphatic heterocycles. The van der Waals surface area contributed by atoms with Gasteiger partial charge < -0.3 is 15.3 Å². The average molecular weight is 333 g/mol. The van der Waals surface area contributed by atoms with Crippen LogP contribution in [0.1, 0.15) is 11.3 Å². The van der Waals surface area contributed by atoms with Crippen molar-refractivity contribution < 1.29 is 15.3 Å². The number of benzene rings is 2. The van der Waals surface area contributed by atoms with Crippen LogP contribution in [-0.2, 0) is 6.42 Å². The maximum absolute atomic E-state index is 10.5. The van der Waals surface area contributed by atoms with E-state index >= 15 is 0 Å². The van der Waals surface area contributed by atoms with Crippen LogP contribution in [0.15, 0.2) is 60.9 Å². The number of hydrogen-bond acceptors (Lipinski definition) is 5. The standard InChI is InChI=1S/C19H15N3O3/c23-14-5-1-12(2-6-14)9-16-19(25)22-11-17(20-10-18(22)21-16)13-3-7-15(24)8-4-13/h1-8,10-11,23-25H,9H2. The average Bonchev–Trinajstić information content (AvgIpc) is 2.93. The van der Waals surface area contributed by atoms with E-state index < -0.39 is 0 Å². The highest BCUT2D eigenvalue weighted by molar-refractivity contribution is 5.61. The van der Waals surface area contributed by atoms with Crippen LogP contribution < -0.4 is 0 Å². The third-order valence-electron chi connectivity index (χ3n) is 4.02. The van der Waals surface area contributed by atoms with Gasteiger partial charge in [0.25, 0.3) is 0 Å². The number of fused-ring (bicyclic) bond motifs is 1. The van der Waals surface area contributed by atoms with Gasteiger partial charge in [-0.2, -0.15) is 0 Å². The second-order valence-electron chi connectivity index (χ2n) is 5.77. The molecule has 2 aromatic heterocycles. The highest BCUT2D eigenvalue weighted by Crippen LogP contribution is 2.26. The van der Waals surface area contributed by atoms with E-state index in [1.54, 1.807) is 65.3 Å². The van der Waals surface area contributed by atoms with Gasteiger partial charge in [-0.1, -0.05) is 12.1 Å². The van der Waals surface area contributed by atoms with Crippen molar-refractivity contribution in [1.29, 1.82) is 0 Å². The largest absolute Gasteiger partial charge is 0.508 e. The highest BCUT2D eigenvalue weighted by Gasteiger charge is 2.13. The Morgan fingerprint density at radius 1 is 0.840 bits per heavy atom. The molecule has 0 saturated carbocycles. The summed E-state index contributed by atoms with van der Waals surface area (Å²) >= 11 is 0. The minimum atomic E-state index is 0.0607. The minimum Gasteiger partial charge on any atom is -0.508 e. The molecule has 0 fully saturated rings. The van der Waals surface area contributed by atoms with Gasteiger partial charge in [0.15, 0.2) is 5.65 Å². The molecule has 0 radical (unpaired) electrons. The Bertz CT molecular complexity index is 1040. The number of aromatic hydroxyl groups is 3. The normalized spacial score (nSPS) is 11.0. The SMILES string of the molecule is Oc1ccc(Cc2nc3cnc(-c4ccc(O)cc4)cn3c2O)cc1. The molecular formula is C19H15N3O3. The summed E-state index contributed by atoms with van der Waals surface area (Å²) in [7, 11) is 0. The number of rotatable bonds is 3. The molecule has 4 aromatic rings. The van der Waals surface area contributed by atoms with Crippen molar-refractivity contribution in [1.82, 2.24) is 14.4 Å². The highest BCUT2D eigenvalue weighted by atomic mass is 16.3. The quantitative estimate of drug-likeness (QED) is 0.536. The fourth-order valence-electron chi connectivity index (χ4n) is 2.70. The van der Waals surface area contributed by atoms with Crippen molar-refractivity contribution in [3.05, 3.63) is 72.2 Å². The molecule has 3 N–H and O–H groups in total. The van der Waals surface area contributed by atoms with E-state index in [-0.39, 0.29) is 17.4 Å². The van der Waals surface area contributed by atoms with E-state index in [0.29, 0.717) is 23.5 Å². The van der Waals surface area contributed by atoms with Crippen LogP contribution in [0.25, 0.3) is 16.9 Å². The second kappa shape index (κ2) is 5.83. The molecule has 0 unspecified atom stereocenters. The lowest BCUT2D eigenvalue weighted by Crippen LogP contribution is -1.90. The van der Waals surface area contributed by atoms with E-state index in [2.05, 4.69) is 9.97 Å². The molecule has 2 aromatic carbocycles. The third kappa shape index (κ3) is 2.85. The van der Waals surface area contributed by atoms with Gasteiger partial charge in [-0.05, 0) is 42.0 Å². The summed E-state index contributed by atoms with van der Waals surface area (Å²) in [6, 6.07) is 13.5. The summed E-state index contributed by atoms with van der Waals surface area (Å²) in [5.41, 5.74) is 3.51. The van der Waals surface area contributed by atoms with E-state index in [9.17, 15) is 15.3 Å². The summed E-state index contributed by atoms with van der Waals surface area (Å²) in [6.07, 6.45) is 3.76. The number of nitrogens with zero attached hydrogens (tertiary/aromatic N) is 3. The molecule has 0 saturated heterocycles. The molecule has 0 spiro atoms. The van der Waals surface area contributed by atoms with Crippen molar-refractivity contribution in [2.24, 2.45) is 0 Å². The Hall–Kier alpha value is -3.54. The molecule has 6 heteroatoms. The first-order valence-corrected chi connectivity index (χ1v) is 7.73. The summed E-state index contributed by atoms with van der Waals surface area (Å²) in [5, 5.41) is 29.2. The number of phenolic OH excluding ortho intramolecular Hbond substituents is 2. The molecule has 2 heterocycles. The number of imidazole rings is 1. The molecular weight excluding hydrogens is 318 g/mol. The minimum absolute atomic E-state index is 0.0607. The predicted octanol–water partition coefficient (Wildman–Crippen LogP) is 3.10. The lowest BCUT2D eigenvalue weighted by Gasteiger charge is -2.03. The summed E-state index contributed by atoms with van der Waals surface area (Å²) in [4.78, 5) is 8.80. The topological polar surface area (TPSA) is 90.9 Å². The molecule has 0 aliphatic carbocycles. The zero-order chi connectivity index (χ0) is 17.4. The van der Waals surface area contributed by atoms with Crippen LogP contribution in [0.5, 0.6) is 17.4 Å². The molecule has 4 rings (SSSR count). The van der Waals surface area contributed by atoms with E-state index in [1.165, 1.54) is 0 Å². The predicted molar refractivity (Wildman–Crippen MR) is 92.7 cm³/mol. The second-order valence-corrected chi connectivity index (χ2v) is 5.77. The summed E-state index contributed by atoms with van der Waals surface area (Å²) in [5.74, 6) is 0.447. The molecule has 6 nitrogen and oxygen atoms in total. The van der Waals surface area contributed by atoms with E-state index in [1.807, 2.05) is 0 Å². The molecule has 0 bridgehead atoms. The lowest BCUT2D eigenvalue weighted by atomic mass is 10.1. The molecule has 0 atom stereocenters. The smallest absolute Gasteiger partial charge is 0.219 e. The van der Waals surface area contributed by atoms with Crippen LogP contribution in [0, 0.1) is 0 Å². The van der Waals surface area contributed by atoms with Gasteiger partial charge in [0.1, 0.15) is 17.2 Å². The van der Waals surface area contributed by atoms with Crippen molar-refractivity contribution in [3.8, 4) is 28.6 Å². The third-order valence-corrected chi connectivity index (χ3v) is 4.02. The molecule has 124 valence electrons. The van der Waals surface area contributed by atoms with Gasteiger partial charge in [-0.3, -0.25) is 9.38 Å². The van der Waals surface area contributed by atoms with Gasteiger partial charge in [-0.25, -0.2) is 4.98 Å². The zero-order valence-electron chi connectivity index (χ0n) is 13.2. The molecule has 25 heavy (non-hydrogen) atoms. The summed E-state index contributed by atoms with van der Waals surface area (Å²) in [6.45, 7) is 0. The van der Waals surface area contributed by atoms with E-state index in [0.717, 1.165) is 11.1 Å². The van der Waals surface area contributed by atoms with Crippen LogP contribution >= 0.6 is 0 Å². The van der Waals surface area contributed by atoms with Crippen molar-refractivity contribution >= 4 is 5.65 Å². The first-order valence-electron chi connectivity index (χ1n) is 7.73.